The maximum atomic E-state index is 14.2. The van der Waals surface area contributed by atoms with Crippen LogP contribution < -0.4 is 10.2 Å². The zero-order valence-corrected chi connectivity index (χ0v) is 21.2. The number of nitrogens with zero attached hydrogens (tertiary/aromatic N) is 1. The van der Waals surface area contributed by atoms with E-state index in [1.807, 2.05) is 97.9 Å². The third-order valence-electron chi connectivity index (χ3n) is 7.07. The van der Waals surface area contributed by atoms with E-state index in [0.717, 1.165) is 34.0 Å². The summed E-state index contributed by atoms with van der Waals surface area (Å²) in [5.74, 6) is 0.626. The molecule has 3 aromatic carbocycles. The molecular weight excluding hydrogens is 484 g/mol. The number of anilines is 2. The number of allylic oxidation sites excluding steroid dienone is 1. The van der Waals surface area contributed by atoms with Crippen molar-refractivity contribution in [3.05, 3.63) is 131 Å². The Morgan fingerprint density at radius 3 is 2.35 bits per heavy atom. The number of carbonyl (C=O) groups excluding carboxylic acids is 2. The highest BCUT2D eigenvalue weighted by molar-refractivity contribution is 6.12. The largest absolute Gasteiger partial charge is 0.469 e. The molecule has 2 unspecified atom stereocenters. The zero-order chi connectivity index (χ0) is 24.6. The van der Waals surface area contributed by atoms with Crippen LogP contribution in [0.3, 0.4) is 0 Å². The number of carbonyl (C=O) groups is 2. The number of aryl methyl sites for hydroxylation is 1. The monoisotopic (exact) mass is 510 g/mol. The van der Waals surface area contributed by atoms with E-state index in [9.17, 15) is 9.59 Å². The van der Waals surface area contributed by atoms with E-state index in [1.165, 1.54) is 0 Å². The third kappa shape index (κ3) is 4.47. The Bertz CT molecular complexity index is 1460. The molecular formula is C31H27ClN2O3. The standard InChI is InChI=1S/C31H26N2O3.ClH/c1-20-13-15-22(16-14-20)31(35)33-26-11-6-5-10-24(26)32-25-18-23(28-12-7-17-36-28)19-27(34)29(25)30(33)21-8-3-2-4-9-21;/h2-17,23,30,32H,18-19H2,1H3;1H. The first-order chi connectivity index (χ1) is 17.6. The average molecular weight is 511 g/mol. The van der Waals surface area contributed by atoms with Crippen molar-refractivity contribution in [1.29, 1.82) is 0 Å². The van der Waals surface area contributed by atoms with Crippen molar-refractivity contribution in [2.75, 3.05) is 10.2 Å². The van der Waals surface area contributed by atoms with Crippen LogP contribution >= 0.6 is 12.4 Å². The van der Waals surface area contributed by atoms with Crippen molar-refractivity contribution in [2.45, 2.75) is 31.7 Å². The predicted molar refractivity (Wildman–Crippen MR) is 147 cm³/mol. The number of para-hydroxylation sites is 2. The summed E-state index contributed by atoms with van der Waals surface area (Å²) in [5.41, 5.74) is 5.59. The van der Waals surface area contributed by atoms with Crippen molar-refractivity contribution in [3.8, 4) is 0 Å². The number of amides is 1. The van der Waals surface area contributed by atoms with Crippen molar-refractivity contribution in [1.82, 2.24) is 0 Å². The summed E-state index contributed by atoms with van der Waals surface area (Å²) >= 11 is 0. The van der Waals surface area contributed by atoms with Crippen LogP contribution in [0, 0.1) is 6.92 Å². The Kier molecular flexibility index (Phi) is 6.72. The van der Waals surface area contributed by atoms with Gasteiger partial charge in [0.2, 0.25) is 0 Å². The summed E-state index contributed by atoms with van der Waals surface area (Å²) in [7, 11) is 0. The van der Waals surface area contributed by atoms with Crippen LogP contribution in [0.4, 0.5) is 11.4 Å². The summed E-state index contributed by atoms with van der Waals surface area (Å²) in [6.45, 7) is 2.00. The minimum atomic E-state index is -0.559. The predicted octanol–water partition coefficient (Wildman–Crippen LogP) is 7.22. The Morgan fingerprint density at radius 2 is 1.62 bits per heavy atom. The van der Waals surface area contributed by atoms with Crippen LogP contribution in [-0.2, 0) is 4.79 Å². The van der Waals surface area contributed by atoms with E-state index in [2.05, 4.69) is 5.32 Å². The fraction of sp³-hybridized carbons (Fsp3) is 0.161. The molecule has 5 nitrogen and oxygen atoms in total. The van der Waals surface area contributed by atoms with Gasteiger partial charge < -0.3 is 9.73 Å². The number of halogens is 1. The van der Waals surface area contributed by atoms with Gasteiger partial charge in [-0.25, -0.2) is 0 Å². The number of hydrogen-bond acceptors (Lipinski definition) is 4. The average Bonchev–Trinajstić information content (AvgIpc) is 3.39. The second-order valence-electron chi connectivity index (χ2n) is 9.43. The molecule has 0 spiro atoms. The number of rotatable bonds is 3. The zero-order valence-electron chi connectivity index (χ0n) is 20.4. The van der Waals surface area contributed by atoms with E-state index < -0.39 is 6.04 Å². The summed E-state index contributed by atoms with van der Waals surface area (Å²) < 4.78 is 5.67. The van der Waals surface area contributed by atoms with Crippen molar-refractivity contribution >= 4 is 35.5 Å². The lowest BCUT2D eigenvalue weighted by Gasteiger charge is -2.35. The van der Waals surface area contributed by atoms with Crippen LogP contribution in [-0.4, -0.2) is 11.7 Å². The Labute approximate surface area is 222 Å². The molecule has 1 aromatic heterocycles. The summed E-state index contributed by atoms with van der Waals surface area (Å²) in [6, 6.07) is 28.4. The number of ketones is 1. The highest BCUT2D eigenvalue weighted by Crippen LogP contribution is 2.47. The molecule has 2 heterocycles. The second kappa shape index (κ2) is 10.1. The van der Waals surface area contributed by atoms with Gasteiger partial charge in [0.15, 0.2) is 5.78 Å². The van der Waals surface area contributed by atoms with Crippen LogP contribution in [0.25, 0.3) is 0 Å². The molecule has 0 saturated heterocycles. The van der Waals surface area contributed by atoms with E-state index >= 15 is 0 Å². The van der Waals surface area contributed by atoms with Crippen molar-refractivity contribution < 1.29 is 14.0 Å². The maximum Gasteiger partial charge on any atom is 0.259 e. The number of furan rings is 1. The first kappa shape index (κ1) is 24.6. The molecule has 0 fully saturated rings. The van der Waals surface area contributed by atoms with E-state index in [-0.39, 0.29) is 30.0 Å². The molecule has 4 aromatic rings. The molecule has 37 heavy (non-hydrogen) atoms. The van der Waals surface area contributed by atoms with Gasteiger partial charge in [-0.1, -0.05) is 60.2 Å². The topological polar surface area (TPSA) is 62.6 Å². The van der Waals surface area contributed by atoms with Crippen LogP contribution in [0.1, 0.15) is 52.0 Å². The summed E-state index contributed by atoms with van der Waals surface area (Å²) in [4.78, 5) is 29.9. The highest BCUT2D eigenvalue weighted by Gasteiger charge is 2.42. The molecule has 0 radical (unpaired) electrons. The van der Waals surface area contributed by atoms with Gasteiger partial charge in [0.05, 0.1) is 23.7 Å². The number of Topliss-reactive ketones (excluding diaryl/α,β-unsaturated/α-hetero) is 1. The Morgan fingerprint density at radius 1 is 0.892 bits per heavy atom. The Balaban J connectivity index is 0.00000280. The first-order valence-electron chi connectivity index (χ1n) is 12.2. The quantitative estimate of drug-likeness (QED) is 0.316. The molecule has 0 bridgehead atoms. The molecule has 6 rings (SSSR count). The molecule has 1 aliphatic heterocycles. The van der Waals surface area contributed by atoms with Gasteiger partial charge in [0.1, 0.15) is 5.76 Å². The van der Waals surface area contributed by atoms with Crippen LogP contribution in [0.5, 0.6) is 0 Å². The van der Waals surface area contributed by atoms with Crippen LogP contribution in [0.15, 0.2) is 113 Å². The SMILES string of the molecule is Cc1ccc(C(=O)N2c3ccccc3NC3=C(C(=O)CC(c4ccco4)C3)C2c2ccccc2)cc1.Cl. The van der Waals surface area contributed by atoms with Gasteiger partial charge in [-0.05, 0) is 55.3 Å². The number of benzene rings is 3. The first-order valence-corrected chi connectivity index (χ1v) is 12.2. The maximum absolute atomic E-state index is 14.2. The minimum absolute atomic E-state index is 0. The molecule has 2 atom stereocenters. The lowest BCUT2D eigenvalue weighted by atomic mass is 9.80. The van der Waals surface area contributed by atoms with Gasteiger partial charge >= 0.3 is 0 Å². The normalized spacial score (nSPS) is 18.7. The molecule has 1 amide bonds. The van der Waals surface area contributed by atoms with Crippen molar-refractivity contribution in [3.63, 3.8) is 0 Å². The molecule has 6 heteroatoms. The van der Waals surface area contributed by atoms with Crippen LogP contribution in [0.2, 0.25) is 0 Å². The molecule has 1 N–H and O–H groups in total. The lowest BCUT2D eigenvalue weighted by Crippen LogP contribution is -2.38. The van der Waals surface area contributed by atoms with E-state index in [1.54, 1.807) is 11.2 Å². The fourth-order valence-electron chi connectivity index (χ4n) is 5.32. The number of nitrogens with one attached hydrogen (secondary N) is 1. The third-order valence-corrected chi connectivity index (χ3v) is 7.07. The lowest BCUT2D eigenvalue weighted by molar-refractivity contribution is -0.116. The van der Waals surface area contributed by atoms with Gasteiger partial charge in [-0.2, -0.15) is 0 Å². The van der Waals surface area contributed by atoms with Gasteiger partial charge in [-0.3, -0.25) is 14.5 Å². The smallest absolute Gasteiger partial charge is 0.259 e. The number of hydrogen-bond donors (Lipinski definition) is 1. The molecule has 186 valence electrons. The van der Waals surface area contributed by atoms with E-state index in [0.29, 0.717) is 24.0 Å². The van der Waals surface area contributed by atoms with Gasteiger partial charge in [0.25, 0.3) is 5.91 Å². The van der Waals surface area contributed by atoms with Crippen molar-refractivity contribution in [2.24, 2.45) is 0 Å². The van der Waals surface area contributed by atoms with E-state index in [4.69, 9.17) is 4.42 Å². The molecule has 0 saturated carbocycles. The summed E-state index contributed by atoms with van der Waals surface area (Å²) in [6.07, 6.45) is 2.60. The summed E-state index contributed by atoms with van der Waals surface area (Å²) in [5, 5.41) is 3.55. The van der Waals surface area contributed by atoms with Gasteiger partial charge in [0, 0.05) is 29.2 Å². The Hall–Kier alpha value is -4.09. The van der Waals surface area contributed by atoms with Gasteiger partial charge in [-0.15, -0.1) is 12.4 Å². The molecule has 2 aliphatic rings. The minimum Gasteiger partial charge on any atom is -0.469 e. The second-order valence-corrected chi connectivity index (χ2v) is 9.43. The fourth-order valence-corrected chi connectivity index (χ4v) is 5.32. The molecule has 1 aliphatic carbocycles. The number of fused-ring (bicyclic) bond motifs is 1. The highest BCUT2D eigenvalue weighted by atomic mass is 35.5.